The summed E-state index contributed by atoms with van der Waals surface area (Å²) in [6.45, 7) is 2.25. The Bertz CT molecular complexity index is 268. The van der Waals surface area contributed by atoms with E-state index in [-0.39, 0.29) is 23.5 Å². The van der Waals surface area contributed by atoms with Gasteiger partial charge in [0.25, 0.3) is 0 Å². The molecule has 0 radical (unpaired) electrons. The van der Waals surface area contributed by atoms with Gasteiger partial charge >= 0.3 is 0 Å². The average molecular weight is 227 g/mol. The van der Waals surface area contributed by atoms with E-state index in [0.717, 1.165) is 30.7 Å². The smallest absolute Gasteiger partial charge is 0.240 e. The number of nitrogens with two attached hydrogens (primary N) is 2. The van der Waals surface area contributed by atoms with Crippen molar-refractivity contribution >= 4 is 11.7 Å². The first-order valence-electron chi connectivity index (χ1n) is 5.84. The number of carbonyl (C=O) groups is 2. The molecule has 16 heavy (non-hydrogen) atoms. The van der Waals surface area contributed by atoms with Gasteiger partial charge in [-0.15, -0.1) is 0 Å². The van der Waals surface area contributed by atoms with Crippen LogP contribution in [-0.4, -0.2) is 29.8 Å². The molecule has 92 valence electrons. The van der Waals surface area contributed by atoms with Gasteiger partial charge in [-0.05, 0) is 19.8 Å². The van der Waals surface area contributed by atoms with Gasteiger partial charge in [0.2, 0.25) is 5.91 Å². The summed E-state index contributed by atoms with van der Waals surface area (Å²) < 4.78 is 0. The largest absolute Gasteiger partial charge is 0.329 e. The number of hydrogen-bond acceptors (Lipinski definition) is 4. The third-order valence-corrected chi connectivity index (χ3v) is 3.26. The molecular formula is C11H21N3O2. The summed E-state index contributed by atoms with van der Waals surface area (Å²) in [6, 6.07) is 0. The van der Waals surface area contributed by atoms with Crippen LogP contribution in [-0.2, 0) is 9.59 Å². The number of Topliss-reactive ketones (excluding diaryl/α,β-unsaturated/α-hetero) is 1. The lowest BCUT2D eigenvalue weighted by Crippen LogP contribution is -2.47. The molecule has 0 aromatic carbocycles. The van der Waals surface area contributed by atoms with Gasteiger partial charge in [0.05, 0.1) is 0 Å². The van der Waals surface area contributed by atoms with E-state index in [0.29, 0.717) is 13.1 Å². The molecule has 1 amide bonds. The lowest BCUT2D eigenvalue weighted by atomic mass is 9.76. The molecule has 1 saturated carbocycles. The van der Waals surface area contributed by atoms with Crippen molar-refractivity contribution in [2.75, 3.05) is 13.1 Å². The molecule has 1 aliphatic carbocycles. The maximum absolute atomic E-state index is 12.0. The average Bonchev–Trinajstić information content (AvgIpc) is 2.28. The van der Waals surface area contributed by atoms with Crippen molar-refractivity contribution in [3.8, 4) is 0 Å². The molecule has 0 bridgehead atoms. The molecule has 5 heteroatoms. The fourth-order valence-electron chi connectivity index (χ4n) is 2.38. The van der Waals surface area contributed by atoms with Gasteiger partial charge < -0.3 is 5.73 Å². The zero-order valence-corrected chi connectivity index (χ0v) is 9.82. The summed E-state index contributed by atoms with van der Waals surface area (Å²) in [5, 5.41) is 1.16. The Balaban J connectivity index is 2.67. The Labute approximate surface area is 96.1 Å². The number of ketones is 1. The molecule has 0 spiro atoms. The summed E-state index contributed by atoms with van der Waals surface area (Å²) in [7, 11) is 0. The molecule has 1 aliphatic rings. The van der Waals surface area contributed by atoms with Gasteiger partial charge in [-0.3, -0.25) is 14.6 Å². The standard InChI is InChI=1S/C11H21N3O2/c1-8(15)9-4-2-3-5-10(9)11(16)14(13)7-6-12/h9-10H,2-7,12-13H2,1H3/t9-,10-/m1/s1. The SMILES string of the molecule is CC(=O)[C@H]1CCCC[C@H]1C(=O)N(N)CCN. The Kier molecular flexibility index (Phi) is 4.89. The predicted molar refractivity (Wildman–Crippen MR) is 61.1 cm³/mol. The number of nitrogens with zero attached hydrogens (tertiary/aromatic N) is 1. The summed E-state index contributed by atoms with van der Waals surface area (Å²) in [5.41, 5.74) is 5.35. The lowest BCUT2D eigenvalue weighted by Gasteiger charge is -2.31. The van der Waals surface area contributed by atoms with Crippen molar-refractivity contribution in [2.24, 2.45) is 23.4 Å². The zero-order valence-electron chi connectivity index (χ0n) is 9.82. The highest BCUT2D eigenvalue weighted by Crippen LogP contribution is 2.31. The van der Waals surface area contributed by atoms with Crippen LogP contribution in [0.4, 0.5) is 0 Å². The second-order valence-electron chi connectivity index (χ2n) is 4.43. The maximum Gasteiger partial charge on any atom is 0.240 e. The van der Waals surface area contributed by atoms with E-state index in [1.54, 1.807) is 6.92 Å². The molecule has 0 aliphatic heterocycles. The van der Waals surface area contributed by atoms with Gasteiger partial charge in [-0.25, -0.2) is 5.84 Å². The Morgan fingerprint density at radius 3 is 2.31 bits per heavy atom. The summed E-state index contributed by atoms with van der Waals surface area (Å²) >= 11 is 0. The molecular weight excluding hydrogens is 206 g/mol. The highest BCUT2D eigenvalue weighted by molar-refractivity contribution is 5.87. The fraction of sp³-hybridized carbons (Fsp3) is 0.818. The molecule has 1 rings (SSSR count). The third kappa shape index (κ3) is 3.02. The van der Waals surface area contributed by atoms with Crippen LogP contribution in [0.25, 0.3) is 0 Å². The molecule has 0 aromatic rings. The van der Waals surface area contributed by atoms with Crippen molar-refractivity contribution in [1.82, 2.24) is 5.01 Å². The van der Waals surface area contributed by atoms with Gasteiger partial charge in [-0.2, -0.15) is 0 Å². The first kappa shape index (κ1) is 13.1. The van der Waals surface area contributed by atoms with Crippen molar-refractivity contribution in [3.63, 3.8) is 0 Å². The minimum Gasteiger partial charge on any atom is -0.329 e. The zero-order chi connectivity index (χ0) is 12.1. The Hall–Kier alpha value is -0.940. The molecule has 2 atom stereocenters. The highest BCUT2D eigenvalue weighted by Gasteiger charge is 2.35. The number of hydrogen-bond donors (Lipinski definition) is 2. The van der Waals surface area contributed by atoms with Gasteiger partial charge in [-0.1, -0.05) is 12.8 Å². The quantitative estimate of drug-likeness (QED) is 0.403. The first-order chi connectivity index (χ1) is 7.57. The Morgan fingerprint density at radius 2 is 1.81 bits per heavy atom. The summed E-state index contributed by atoms with van der Waals surface area (Å²) in [5.74, 6) is 5.19. The molecule has 4 N–H and O–H groups in total. The van der Waals surface area contributed by atoms with E-state index in [2.05, 4.69) is 0 Å². The number of amides is 1. The van der Waals surface area contributed by atoms with E-state index in [4.69, 9.17) is 11.6 Å². The molecule has 0 aromatic heterocycles. The third-order valence-electron chi connectivity index (χ3n) is 3.26. The topological polar surface area (TPSA) is 89.4 Å². The normalized spacial score (nSPS) is 25.2. The minimum atomic E-state index is -0.234. The minimum absolute atomic E-state index is 0.0965. The molecule has 5 nitrogen and oxygen atoms in total. The summed E-state index contributed by atoms with van der Waals surface area (Å²) in [4.78, 5) is 23.5. The number of carbonyl (C=O) groups excluding carboxylic acids is 2. The van der Waals surface area contributed by atoms with E-state index in [1.165, 1.54) is 0 Å². The van der Waals surface area contributed by atoms with Crippen LogP contribution in [0.15, 0.2) is 0 Å². The second-order valence-corrected chi connectivity index (χ2v) is 4.43. The van der Waals surface area contributed by atoms with Crippen LogP contribution in [0.5, 0.6) is 0 Å². The van der Waals surface area contributed by atoms with Crippen LogP contribution in [0.2, 0.25) is 0 Å². The van der Waals surface area contributed by atoms with E-state index >= 15 is 0 Å². The summed E-state index contributed by atoms with van der Waals surface area (Å²) in [6.07, 6.45) is 3.59. The maximum atomic E-state index is 12.0. The van der Waals surface area contributed by atoms with Gasteiger partial charge in [0.1, 0.15) is 5.78 Å². The van der Waals surface area contributed by atoms with Gasteiger partial charge in [0.15, 0.2) is 0 Å². The second kappa shape index (κ2) is 5.96. The van der Waals surface area contributed by atoms with E-state index < -0.39 is 0 Å². The van der Waals surface area contributed by atoms with Crippen molar-refractivity contribution in [2.45, 2.75) is 32.6 Å². The first-order valence-corrected chi connectivity index (χ1v) is 5.84. The van der Waals surface area contributed by atoms with Crippen LogP contribution in [0.1, 0.15) is 32.6 Å². The lowest BCUT2D eigenvalue weighted by molar-refractivity contribution is -0.142. The van der Waals surface area contributed by atoms with Crippen LogP contribution < -0.4 is 11.6 Å². The highest BCUT2D eigenvalue weighted by atomic mass is 16.2. The predicted octanol–water partition coefficient (Wildman–Crippen LogP) is 0.0428. The number of rotatable bonds is 4. The molecule has 1 fully saturated rings. The van der Waals surface area contributed by atoms with E-state index in [9.17, 15) is 9.59 Å². The monoisotopic (exact) mass is 227 g/mol. The van der Waals surface area contributed by atoms with Crippen molar-refractivity contribution in [3.05, 3.63) is 0 Å². The fourth-order valence-corrected chi connectivity index (χ4v) is 2.38. The molecule has 0 saturated heterocycles. The van der Waals surface area contributed by atoms with Gasteiger partial charge in [0, 0.05) is 24.9 Å². The van der Waals surface area contributed by atoms with Crippen molar-refractivity contribution in [1.29, 1.82) is 0 Å². The van der Waals surface area contributed by atoms with Crippen molar-refractivity contribution < 1.29 is 9.59 Å². The molecule has 0 heterocycles. The number of hydrazine groups is 1. The van der Waals surface area contributed by atoms with Crippen LogP contribution >= 0.6 is 0 Å². The Morgan fingerprint density at radius 1 is 1.25 bits per heavy atom. The molecule has 0 unspecified atom stereocenters. The van der Waals surface area contributed by atoms with Crippen LogP contribution in [0, 0.1) is 11.8 Å². The van der Waals surface area contributed by atoms with E-state index in [1.807, 2.05) is 0 Å². The van der Waals surface area contributed by atoms with Crippen LogP contribution in [0.3, 0.4) is 0 Å².